The zero-order chi connectivity index (χ0) is 37.0. The summed E-state index contributed by atoms with van der Waals surface area (Å²) in [5.41, 5.74) is 10.9. The molecule has 0 unspecified atom stereocenters. The van der Waals surface area contributed by atoms with Gasteiger partial charge in [0.2, 0.25) is 0 Å². The molecular weight excluding hydrogens is 701 g/mol. The van der Waals surface area contributed by atoms with E-state index in [9.17, 15) is 0 Å². The summed E-state index contributed by atoms with van der Waals surface area (Å²) in [5, 5.41) is 4.87. The molecule has 0 radical (unpaired) electrons. The quantitative estimate of drug-likeness (QED) is 0.171. The van der Waals surface area contributed by atoms with Crippen molar-refractivity contribution in [2.24, 2.45) is 0 Å². The molecule has 0 aliphatic heterocycles. The van der Waals surface area contributed by atoms with Crippen molar-refractivity contribution in [3.63, 3.8) is 0 Å². The molecule has 0 saturated carbocycles. The van der Waals surface area contributed by atoms with Gasteiger partial charge in [-0.3, -0.25) is 0 Å². The van der Waals surface area contributed by atoms with E-state index in [1.54, 1.807) is 11.3 Å². The van der Waals surface area contributed by atoms with Crippen LogP contribution in [-0.4, -0.2) is 19.5 Å². The first kappa shape index (κ1) is 32.2. The molecule has 0 atom stereocenters. The molecule has 8 aromatic carbocycles. The van der Waals surface area contributed by atoms with Crippen molar-refractivity contribution in [3.05, 3.63) is 194 Å². The molecule has 5 heteroatoms. The Morgan fingerprint density at radius 1 is 0.339 bits per heavy atom. The van der Waals surface area contributed by atoms with Crippen molar-refractivity contribution in [2.45, 2.75) is 0 Å². The average molecular weight is 733 g/mol. The maximum atomic E-state index is 5.31. The number of rotatable bonds is 6. The number of hydrogen-bond acceptors (Lipinski definition) is 4. The number of aromatic nitrogens is 4. The molecule has 0 aliphatic carbocycles. The molecule has 0 aliphatic rings. The zero-order valence-corrected chi connectivity index (χ0v) is 31.0. The highest BCUT2D eigenvalue weighted by molar-refractivity contribution is 7.26. The number of hydrogen-bond donors (Lipinski definition) is 0. The molecule has 3 heterocycles. The largest absolute Gasteiger partial charge is 0.309 e. The van der Waals surface area contributed by atoms with Crippen LogP contribution in [0.3, 0.4) is 0 Å². The molecule has 262 valence electrons. The highest BCUT2D eigenvalue weighted by Gasteiger charge is 2.20. The number of benzene rings is 8. The Bertz CT molecular complexity index is 3190. The van der Waals surface area contributed by atoms with Crippen molar-refractivity contribution in [1.82, 2.24) is 19.5 Å². The van der Waals surface area contributed by atoms with Gasteiger partial charge in [0, 0.05) is 53.2 Å². The second kappa shape index (κ2) is 13.3. The number of nitrogens with zero attached hydrogens (tertiary/aromatic N) is 4. The average Bonchev–Trinajstić information content (AvgIpc) is 3.82. The maximum absolute atomic E-state index is 5.31. The van der Waals surface area contributed by atoms with Crippen molar-refractivity contribution >= 4 is 53.3 Å². The predicted molar refractivity (Wildman–Crippen MR) is 234 cm³/mol. The van der Waals surface area contributed by atoms with Crippen molar-refractivity contribution in [3.8, 4) is 62.1 Å². The first-order valence-electron chi connectivity index (χ1n) is 18.8. The second-order valence-electron chi connectivity index (χ2n) is 14.0. The molecule has 0 spiro atoms. The Kier molecular flexibility index (Phi) is 7.64. The van der Waals surface area contributed by atoms with E-state index in [-0.39, 0.29) is 0 Å². The summed E-state index contributed by atoms with van der Waals surface area (Å²) in [6.45, 7) is 0. The highest BCUT2D eigenvalue weighted by Crippen LogP contribution is 2.42. The summed E-state index contributed by atoms with van der Waals surface area (Å²) in [6, 6.07) is 68.6. The van der Waals surface area contributed by atoms with Crippen LogP contribution in [0.4, 0.5) is 0 Å². The molecule has 11 rings (SSSR count). The lowest BCUT2D eigenvalue weighted by molar-refractivity contribution is 1.07. The highest BCUT2D eigenvalue weighted by atomic mass is 32.1. The molecular formula is C51H32N4S. The second-order valence-corrected chi connectivity index (χ2v) is 15.1. The van der Waals surface area contributed by atoms with Crippen LogP contribution in [-0.2, 0) is 0 Å². The van der Waals surface area contributed by atoms with Crippen LogP contribution >= 0.6 is 11.3 Å². The van der Waals surface area contributed by atoms with E-state index < -0.39 is 0 Å². The number of fused-ring (bicyclic) bond motifs is 6. The molecule has 0 fully saturated rings. The first-order valence-corrected chi connectivity index (χ1v) is 19.6. The summed E-state index contributed by atoms with van der Waals surface area (Å²) in [6.07, 6.45) is 0. The molecule has 4 nitrogen and oxygen atoms in total. The lowest BCUT2D eigenvalue weighted by Crippen LogP contribution is -2.02. The van der Waals surface area contributed by atoms with Crippen LogP contribution in [0.25, 0.3) is 104 Å². The summed E-state index contributed by atoms with van der Waals surface area (Å²) < 4.78 is 4.78. The van der Waals surface area contributed by atoms with E-state index in [1.807, 2.05) is 18.2 Å². The van der Waals surface area contributed by atoms with Gasteiger partial charge in [-0.05, 0) is 47.0 Å². The fourth-order valence-corrected chi connectivity index (χ4v) is 9.28. The van der Waals surface area contributed by atoms with Gasteiger partial charge in [-0.15, -0.1) is 11.3 Å². The van der Waals surface area contributed by atoms with E-state index in [0.717, 1.165) is 49.2 Å². The van der Waals surface area contributed by atoms with Crippen molar-refractivity contribution in [1.29, 1.82) is 0 Å². The van der Waals surface area contributed by atoms with Gasteiger partial charge in [0.25, 0.3) is 0 Å². The first-order chi connectivity index (χ1) is 27.8. The molecule has 0 saturated heterocycles. The van der Waals surface area contributed by atoms with E-state index in [2.05, 4.69) is 180 Å². The molecule has 0 bridgehead atoms. The minimum Gasteiger partial charge on any atom is -0.309 e. The van der Waals surface area contributed by atoms with E-state index in [0.29, 0.717) is 17.5 Å². The number of thiophene rings is 1. The zero-order valence-electron chi connectivity index (χ0n) is 30.2. The van der Waals surface area contributed by atoms with E-state index >= 15 is 0 Å². The van der Waals surface area contributed by atoms with Crippen LogP contribution in [0.5, 0.6) is 0 Å². The lowest BCUT2D eigenvalue weighted by Gasteiger charge is -2.16. The molecule has 0 N–H and O–H groups in total. The summed E-state index contributed by atoms with van der Waals surface area (Å²) >= 11 is 1.79. The number of para-hydroxylation sites is 2. The third kappa shape index (κ3) is 5.40. The minimum absolute atomic E-state index is 0.625. The Morgan fingerprint density at radius 3 is 1.59 bits per heavy atom. The van der Waals surface area contributed by atoms with E-state index in [4.69, 9.17) is 15.0 Å². The van der Waals surface area contributed by atoms with Crippen LogP contribution in [0.1, 0.15) is 0 Å². The Hall–Kier alpha value is -7.21. The standard InChI is InChI=1S/C51H32N4S/c1-4-15-33(16-5-1)36-27-30-41-42-23-14-24-43(48(42)56-47(41)32-36)51-53-49(35-19-8-3-9-20-35)52-50(54-51)37-28-29-38(34-17-6-2-7-18-34)46(31-37)55-44-25-12-10-21-39(44)40-22-11-13-26-45(40)55/h1-32H. The SMILES string of the molecule is c1ccc(-c2ccc3c(c2)sc2c(-c4nc(-c5ccccc5)nc(-c5ccc(-c6ccccc6)c(-n6c7ccccc7c7ccccc76)c5)n4)cccc23)cc1. The lowest BCUT2D eigenvalue weighted by atomic mass is 10.0. The minimum atomic E-state index is 0.625. The van der Waals surface area contributed by atoms with Gasteiger partial charge in [0.05, 0.1) is 16.7 Å². The Morgan fingerprint density at radius 2 is 0.893 bits per heavy atom. The molecule has 11 aromatic rings. The van der Waals surface area contributed by atoms with Gasteiger partial charge in [-0.2, -0.15) is 0 Å². The monoisotopic (exact) mass is 732 g/mol. The van der Waals surface area contributed by atoms with Crippen molar-refractivity contribution in [2.75, 3.05) is 0 Å². The molecule has 0 amide bonds. The fourth-order valence-electron chi connectivity index (χ4n) is 8.03. The summed E-state index contributed by atoms with van der Waals surface area (Å²) in [4.78, 5) is 15.7. The van der Waals surface area contributed by atoms with Gasteiger partial charge < -0.3 is 4.57 Å². The smallest absolute Gasteiger partial charge is 0.165 e. The third-order valence-corrected chi connectivity index (χ3v) is 11.9. The van der Waals surface area contributed by atoms with Gasteiger partial charge in [0.15, 0.2) is 17.5 Å². The molecule has 3 aromatic heterocycles. The van der Waals surface area contributed by atoms with Crippen LogP contribution in [0.15, 0.2) is 194 Å². The predicted octanol–water partition coefficient (Wildman–Crippen LogP) is 13.7. The van der Waals surface area contributed by atoms with Gasteiger partial charge in [-0.1, -0.05) is 164 Å². The Balaban J connectivity index is 1.14. The van der Waals surface area contributed by atoms with Gasteiger partial charge in [-0.25, -0.2) is 15.0 Å². The van der Waals surface area contributed by atoms with Crippen LogP contribution < -0.4 is 0 Å². The third-order valence-electron chi connectivity index (χ3n) is 10.7. The van der Waals surface area contributed by atoms with Crippen LogP contribution in [0.2, 0.25) is 0 Å². The molecule has 56 heavy (non-hydrogen) atoms. The Labute approximate surface area is 327 Å². The fraction of sp³-hybridized carbons (Fsp3) is 0. The van der Waals surface area contributed by atoms with Crippen molar-refractivity contribution < 1.29 is 0 Å². The summed E-state index contributed by atoms with van der Waals surface area (Å²) in [5.74, 6) is 1.92. The maximum Gasteiger partial charge on any atom is 0.165 e. The van der Waals surface area contributed by atoms with Gasteiger partial charge >= 0.3 is 0 Å². The topological polar surface area (TPSA) is 43.6 Å². The van der Waals surface area contributed by atoms with E-state index in [1.165, 1.54) is 37.4 Å². The normalized spacial score (nSPS) is 11.6. The summed E-state index contributed by atoms with van der Waals surface area (Å²) in [7, 11) is 0. The van der Waals surface area contributed by atoms with Crippen LogP contribution in [0, 0.1) is 0 Å². The van der Waals surface area contributed by atoms with Gasteiger partial charge in [0.1, 0.15) is 0 Å².